The highest BCUT2D eigenvalue weighted by molar-refractivity contribution is 5.94. The average molecular weight is 491 g/mol. The van der Waals surface area contributed by atoms with Crippen LogP contribution in [0, 0.1) is 10.1 Å². The highest BCUT2D eigenvalue weighted by atomic mass is 16.6. The Kier molecular flexibility index (Phi) is 6.77. The number of rotatable bonds is 9. The average Bonchev–Trinajstić information content (AvgIpc) is 3.34. The summed E-state index contributed by atoms with van der Waals surface area (Å²) in [5.74, 6) is -1.73. The number of nitro benzene ring substituents is 1. The molecule has 1 amide bonds. The second-order valence-electron chi connectivity index (χ2n) is 8.01. The highest BCUT2D eigenvalue weighted by Gasteiger charge is 2.21. The van der Waals surface area contributed by atoms with Crippen LogP contribution in [-0.4, -0.2) is 42.6 Å². The van der Waals surface area contributed by atoms with E-state index < -0.39 is 34.2 Å². The van der Waals surface area contributed by atoms with Crippen molar-refractivity contribution in [3.8, 4) is 5.69 Å². The first-order valence-corrected chi connectivity index (χ1v) is 10.9. The first-order chi connectivity index (χ1) is 17.2. The zero-order chi connectivity index (χ0) is 25.8. The second-order valence-corrected chi connectivity index (χ2v) is 8.01. The minimum absolute atomic E-state index is 0.0109. The van der Waals surface area contributed by atoms with Gasteiger partial charge in [0.1, 0.15) is 12.2 Å². The van der Waals surface area contributed by atoms with E-state index in [0.29, 0.717) is 6.54 Å². The zero-order valence-corrected chi connectivity index (χ0v) is 18.8. The van der Waals surface area contributed by atoms with Gasteiger partial charge in [-0.2, -0.15) is 0 Å². The Hall–Kier alpha value is -5.00. The minimum Gasteiger partial charge on any atom is -0.480 e. The number of nitro groups is 1. The maximum Gasteiger partial charge on any atom is 0.323 e. The molecule has 3 N–H and O–H groups in total. The van der Waals surface area contributed by atoms with Gasteiger partial charge in [0.25, 0.3) is 11.6 Å². The molecule has 0 radical (unpaired) electrons. The van der Waals surface area contributed by atoms with Crippen molar-refractivity contribution in [1.29, 1.82) is 0 Å². The molecule has 12 heteroatoms. The number of aliphatic carboxylic acids is 1. The van der Waals surface area contributed by atoms with E-state index in [0.717, 1.165) is 29.0 Å². The monoisotopic (exact) mass is 491 g/mol. The van der Waals surface area contributed by atoms with Crippen LogP contribution in [0.5, 0.6) is 0 Å². The van der Waals surface area contributed by atoms with E-state index in [1.165, 1.54) is 29.1 Å². The smallest absolute Gasteiger partial charge is 0.323 e. The van der Waals surface area contributed by atoms with Gasteiger partial charge in [-0.05, 0) is 30.5 Å². The lowest BCUT2D eigenvalue weighted by molar-refractivity contribution is -0.384. The van der Waals surface area contributed by atoms with E-state index in [1.54, 1.807) is 0 Å². The zero-order valence-electron chi connectivity index (χ0n) is 18.8. The first-order valence-electron chi connectivity index (χ1n) is 10.9. The molecule has 36 heavy (non-hydrogen) atoms. The molecule has 0 fully saturated rings. The summed E-state index contributed by atoms with van der Waals surface area (Å²) in [5, 5.41) is 23.7. The lowest BCUT2D eigenvalue weighted by Crippen LogP contribution is -2.37. The topological polar surface area (TPSA) is 169 Å². The van der Waals surface area contributed by atoms with Crippen LogP contribution in [0.15, 0.2) is 70.5 Å². The van der Waals surface area contributed by atoms with Gasteiger partial charge in [-0.25, -0.2) is 0 Å². The molecule has 0 bridgehead atoms. The molecular weight excluding hydrogens is 470 g/mol. The molecule has 184 valence electrons. The second kappa shape index (κ2) is 10.1. The quantitative estimate of drug-likeness (QED) is 0.139. The largest absolute Gasteiger partial charge is 0.480 e. The van der Waals surface area contributed by atoms with Crippen molar-refractivity contribution in [1.82, 2.24) is 19.4 Å². The SMILES string of the molecule is O=C(O)Cn1c(=O)c(=O)[nH]c2cc([N+](=O)[O-])c(-n3ccc(C(=O)NCCCc4ccccc4)c3)cc21. The number of hydrogen-bond donors (Lipinski definition) is 3. The van der Waals surface area contributed by atoms with Gasteiger partial charge in [0.05, 0.1) is 21.5 Å². The van der Waals surface area contributed by atoms with E-state index >= 15 is 0 Å². The molecule has 0 aliphatic carbocycles. The van der Waals surface area contributed by atoms with Crippen molar-refractivity contribution in [2.75, 3.05) is 6.54 Å². The van der Waals surface area contributed by atoms with Crippen LogP contribution in [0.1, 0.15) is 22.3 Å². The molecular formula is C24H21N5O7. The summed E-state index contributed by atoms with van der Waals surface area (Å²) < 4.78 is 2.06. The third kappa shape index (κ3) is 5.06. The van der Waals surface area contributed by atoms with Gasteiger partial charge in [0.2, 0.25) is 0 Å². The molecule has 2 aromatic heterocycles. The van der Waals surface area contributed by atoms with E-state index in [1.807, 2.05) is 30.3 Å². The molecule has 0 saturated carbocycles. The summed E-state index contributed by atoms with van der Waals surface area (Å²) in [6.45, 7) is -0.372. The predicted molar refractivity (Wildman–Crippen MR) is 130 cm³/mol. The number of carbonyl (C=O) groups excluding carboxylic acids is 1. The molecule has 2 aromatic carbocycles. The number of carbonyl (C=O) groups is 2. The van der Waals surface area contributed by atoms with Gasteiger partial charge in [0, 0.05) is 25.0 Å². The van der Waals surface area contributed by atoms with Gasteiger partial charge in [-0.1, -0.05) is 30.3 Å². The van der Waals surface area contributed by atoms with Crippen molar-refractivity contribution in [2.24, 2.45) is 0 Å². The molecule has 4 rings (SSSR count). The normalized spacial score (nSPS) is 10.9. The van der Waals surface area contributed by atoms with Crippen molar-refractivity contribution >= 4 is 28.6 Å². The number of aromatic nitrogens is 3. The van der Waals surface area contributed by atoms with Crippen molar-refractivity contribution in [2.45, 2.75) is 19.4 Å². The number of carboxylic acid groups (broad SMARTS) is 1. The molecule has 2 heterocycles. The molecule has 0 spiro atoms. The van der Waals surface area contributed by atoms with Gasteiger partial charge in [-0.15, -0.1) is 0 Å². The first kappa shape index (κ1) is 24.1. The predicted octanol–water partition coefficient (Wildman–Crippen LogP) is 1.84. The highest BCUT2D eigenvalue weighted by Crippen LogP contribution is 2.28. The standard InChI is InChI=1S/C24H21N5O7/c30-21(31)14-28-18-12-19(20(29(35)36)11-17(18)26-23(33)24(28)34)27-10-8-16(13-27)22(32)25-9-4-7-15-5-2-1-3-6-15/h1-3,5-6,8,10-13H,4,7,9,14H2,(H,25,32)(H,26,33)(H,30,31). The van der Waals surface area contributed by atoms with E-state index in [4.69, 9.17) is 5.11 Å². The van der Waals surface area contributed by atoms with Gasteiger partial charge < -0.3 is 20.0 Å². The van der Waals surface area contributed by atoms with Gasteiger partial charge in [-0.3, -0.25) is 33.9 Å². The van der Waals surface area contributed by atoms with Crippen LogP contribution >= 0.6 is 0 Å². The van der Waals surface area contributed by atoms with Crippen LogP contribution in [0.25, 0.3) is 16.7 Å². The Morgan fingerprint density at radius 3 is 2.56 bits per heavy atom. The van der Waals surface area contributed by atoms with Crippen LogP contribution in [0.4, 0.5) is 5.69 Å². The summed E-state index contributed by atoms with van der Waals surface area (Å²) in [6, 6.07) is 13.6. The Balaban J connectivity index is 1.62. The number of fused-ring (bicyclic) bond motifs is 1. The fraction of sp³-hybridized carbons (Fsp3) is 0.167. The Morgan fingerprint density at radius 1 is 1.11 bits per heavy atom. The van der Waals surface area contributed by atoms with Gasteiger partial charge >= 0.3 is 17.1 Å². The molecule has 0 unspecified atom stereocenters. The summed E-state index contributed by atoms with van der Waals surface area (Å²) in [4.78, 5) is 61.3. The summed E-state index contributed by atoms with van der Waals surface area (Å²) in [6.07, 6.45) is 4.36. The third-order valence-electron chi connectivity index (χ3n) is 5.57. The number of hydrogen-bond acceptors (Lipinski definition) is 6. The Morgan fingerprint density at radius 2 is 1.86 bits per heavy atom. The van der Waals surface area contributed by atoms with E-state index in [9.17, 15) is 29.3 Å². The maximum absolute atomic E-state index is 12.6. The fourth-order valence-electron chi connectivity index (χ4n) is 3.86. The number of aromatic amines is 1. The van der Waals surface area contributed by atoms with Gasteiger partial charge in [0.15, 0.2) is 0 Å². The number of carboxylic acids is 1. The van der Waals surface area contributed by atoms with E-state index in [-0.39, 0.29) is 28.2 Å². The Bertz CT molecular complexity index is 1580. The molecule has 4 aromatic rings. The molecule has 12 nitrogen and oxygen atoms in total. The molecule has 0 atom stereocenters. The maximum atomic E-state index is 12.6. The molecule has 0 aliphatic rings. The van der Waals surface area contributed by atoms with Crippen LogP contribution in [-0.2, 0) is 17.8 Å². The number of nitrogens with zero attached hydrogens (tertiary/aromatic N) is 3. The molecule has 0 saturated heterocycles. The van der Waals surface area contributed by atoms with Crippen LogP contribution < -0.4 is 16.4 Å². The number of nitrogens with one attached hydrogen (secondary N) is 2. The molecule has 0 aliphatic heterocycles. The number of benzene rings is 2. The fourth-order valence-corrected chi connectivity index (χ4v) is 3.86. The summed E-state index contributed by atoms with van der Waals surface area (Å²) in [7, 11) is 0. The van der Waals surface area contributed by atoms with Crippen molar-refractivity contribution in [3.63, 3.8) is 0 Å². The summed E-state index contributed by atoms with van der Waals surface area (Å²) >= 11 is 0. The number of amides is 1. The van der Waals surface area contributed by atoms with Crippen LogP contribution in [0.3, 0.4) is 0 Å². The third-order valence-corrected chi connectivity index (χ3v) is 5.57. The minimum atomic E-state index is -1.36. The Labute approximate surface area is 202 Å². The number of aryl methyl sites for hydroxylation is 1. The van der Waals surface area contributed by atoms with Crippen molar-refractivity contribution < 1.29 is 19.6 Å². The number of H-pyrrole nitrogens is 1. The van der Waals surface area contributed by atoms with Crippen LogP contribution in [0.2, 0.25) is 0 Å². The van der Waals surface area contributed by atoms with E-state index in [2.05, 4.69) is 10.3 Å². The lowest BCUT2D eigenvalue weighted by atomic mass is 10.1. The summed E-state index contributed by atoms with van der Waals surface area (Å²) in [5.41, 5.74) is -1.29. The lowest BCUT2D eigenvalue weighted by Gasteiger charge is -2.11. The van der Waals surface area contributed by atoms with Crippen molar-refractivity contribution in [3.05, 3.63) is 103 Å².